The zero-order valence-corrected chi connectivity index (χ0v) is 17.3. The second-order valence-electron chi connectivity index (χ2n) is 7.38. The molecule has 1 atom stereocenters. The monoisotopic (exact) mass is 400 g/mol. The van der Waals surface area contributed by atoms with E-state index in [1.807, 2.05) is 31.2 Å². The number of aryl methyl sites for hydroxylation is 1. The van der Waals surface area contributed by atoms with E-state index < -0.39 is 5.25 Å². The maximum Gasteiger partial charge on any atom is 0.240 e. The number of amides is 2. The second-order valence-corrected chi connectivity index (χ2v) is 8.57. The Hall–Kier alpha value is -2.15. The first-order chi connectivity index (χ1) is 13.5. The Morgan fingerprint density at radius 1 is 1.21 bits per heavy atom. The molecule has 2 fully saturated rings. The van der Waals surface area contributed by atoms with E-state index in [2.05, 4.69) is 27.8 Å². The lowest BCUT2D eigenvalue weighted by Crippen LogP contribution is -2.28. The van der Waals surface area contributed by atoms with Crippen molar-refractivity contribution in [1.29, 1.82) is 0 Å². The quantitative estimate of drug-likeness (QED) is 0.556. The van der Waals surface area contributed by atoms with E-state index in [0.717, 1.165) is 17.8 Å². The molecule has 0 aromatic heterocycles. The molecule has 1 aromatic carbocycles. The Bertz CT molecular complexity index is 767. The minimum atomic E-state index is -0.473. The number of nitrogens with zero attached hydrogens (tertiary/aromatic N) is 2. The lowest BCUT2D eigenvalue weighted by molar-refractivity contribution is -0.122. The van der Waals surface area contributed by atoms with E-state index in [-0.39, 0.29) is 18.2 Å². The molecule has 0 radical (unpaired) electrons. The van der Waals surface area contributed by atoms with Crippen molar-refractivity contribution in [2.75, 3.05) is 5.32 Å². The number of anilines is 1. The van der Waals surface area contributed by atoms with Crippen molar-refractivity contribution in [3.05, 3.63) is 29.8 Å². The summed E-state index contributed by atoms with van der Waals surface area (Å²) >= 11 is 1.27. The second kappa shape index (κ2) is 9.87. The molecule has 1 aromatic rings. The Labute approximate surface area is 170 Å². The van der Waals surface area contributed by atoms with Gasteiger partial charge in [0.25, 0.3) is 0 Å². The molecule has 3 rings (SSSR count). The van der Waals surface area contributed by atoms with Gasteiger partial charge in [-0.3, -0.25) is 9.59 Å². The summed E-state index contributed by atoms with van der Waals surface area (Å²) in [5.74, 6) is 0.131. The molecular weight excluding hydrogens is 372 g/mol. The molecule has 1 saturated heterocycles. The zero-order valence-electron chi connectivity index (χ0n) is 16.5. The third kappa shape index (κ3) is 5.67. The minimum absolute atomic E-state index is 0.108. The van der Waals surface area contributed by atoms with E-state index in [0.29, 0.717) is 11.1 Å². The lowest BCUT2D eigenvalue weighted by Gasteiger charge is -2.20. The SMILES string of the molecule is CCc1ccc(NC(=O)C[C@H]2S/C(=N/N=C(/C)C3CCCCC3)NC2=O)cc1. The standard InChI is InChI=1S/C21H28N4O2S/c1-3-15-9-11-17(12-10-15)22-19(26)13-18-20(27)23-21(28-18)25-24-14(2)16-7-5-4-6-8-16/h9-12,16,18H,3-8,13H2,1-2H3,(H,22,26)(H,23,25,27)/b24-14-/t18-/m1/s1. The van der Waals surface area contributed by atoms with Crippen molar-refractivity contribution >= 4 is 40.1 Å². The van der Waals surface area contributed by atoms with E-state index in [9.17, 15) is 9.59 Å². The van der Waals surface area contributed by atoms with Crippen molar-refractivity contribution in [3.63, 3.8) is 0 Å². The van der Waals surface area contributed by atoms with Crippen LogP contribution in [0.25, 0.3) is 0 Å². The smallest absolute Gasteiger partial charge is 0.240 e. The van der Waals surface area contributed by atoms with Crippen LogP contribution >= 0.6 is 11.8 Å². The minimum Gasteiger partial charge on any atom is -0.326 e. The average molecular weight is 401 g/mol. The van der Waals surface area contributed by atoms with Crippen molar-refractivity contribution in [2.24, 2.45) is 16.1 Å². The van der Waals surface area contributed by atoms with Gasteiger partial charge in [-0.05, 0) is 49.8 Å². The van der Waals surface area contributed by atoms with Gasteiger partial charge in [0.2, 0.25) is 11.8 Å². The number of carbonyl (C=O) groups is 2. The van der Waals surface area contributed by atoms with Crippen LogP contribution in [0.2, 0.25) is 0 Å². The molecule has 6 nitrogen and oxygen atoms in total. The molecule has 2 amide bonds. The van der Waals surface area contributed by atoms with Crippen LogP contribution in [0.5, 0.6) is 0 Å². The maximum absolute atomic E-state index is 12.3. The molecular formula is C21H28N4O2S. The van der Waals surface area contributed by atoms with Gasteiger partial charge in [-0.2, -0.15) is 5.10 Å². The fourth-order valence-corrected chi connectivity index (χ4v) is 4.43. The van der Waals surface area contributed by atoms with E-state index in [4.69, 9.17) is 0 Å². The third-order valence-electron chi connectivity index (χ3n) is 5.29. The molecule has 1 saturated carbocycles. The summed E-state index contributed by atoms with van der Waals surface area (Å²) in [5.41, 5.74) is 2.99. The number of hydrogen-bond acceptors (Lipinski definition) is 5. The molecule has 1 aliphatic heterocycles. The molecule has 2 N–H and O–H groups in total. The normalized spacial score (nSPS) is 22.4. The number of rotatable bonds is 6. The van der Waals surface area contributed by atoms with E-state index in [1.54, 1.807) is 0 Å². The first kappa shape index (κ1) is 20.6. The molecule has 0 unspecified atom stereocenters. The van der Waals surface area contributed by atoms with Gasteiger partial charge in [0, 0.05) is 17.8 Å². The Kier molecular flexibility index (Phi) is 7.25. The summed E-state index contributed by atoms with van der Waals surface area (Å²) in [5, 5.41) is 14.1. The average Bonchev–Trinajstić information content (AvgIpc) is 3.06. The highest BCUT2D eigenvalue weighted by molar-refractivity contribution is 8.15. The number of benzene rings is 1. The van der Waals surface area contributed by atoms with Crippen LogP contribution in [0.4, 0.5) is 5.69 Å². The van der Waals surface area contributed by atoms with Gasteiger partial charge < -0.3 is 10.6 Å². The predicted molar refractivity (Wildman–Crippen MR) is 116 cm³/mol. The highest BCUT2D eigenvalue weighted by atomic mass is 32.2. The van der Waals surface area contributed by atoms with Crippen LogP contribution in [0.3, 0.4) is 0 Å². The largest absolute Gasteiger partial charge is 0.326 e. The van der Waals surface area contributed by atoms with Crippen molar-refractivity contribution in [1.82, 2.24) is 5.32 Å². The lowest BCUT2D eigenvalue weighted by atomic mass is 9.86. The summed E-state index contributed by atoms with van der Waals surface area (Å²) in [6.07, 6.45) is 7.20. The summed E-state index contributed by atoms with van der Waals surface area (Å²) in [7, 11) is 0. The van der Waals surface area contributed by atoms with Gasteiger partial charge >= 0.3 is 0 Å². The predicted octanol–water partition coefficient (Wildman–Crippen LogP) is 4.12. The maximum atomic E-state index is 12.3. The van der Waals surface area contributed by atoms with Crippen LogP contribution in [0, 0.1) is 5.92 Å². The first-order valence-electron chi connectivity index (χ1n) is 10.0. The van der Waals surface area contributed by atoms with Crippen LogP contribution in [0.15, 0.2) is 34.5 Å². The number of hydrogen-bond donors (Lipinski definition) is 2. The first-order valence-corrected chi connectivity index (χ1v) is 10.9. The van der Waals surface area contributed by atoms with Crippen molar-refractivity contribution < 1.29 is 9.59 Å². The molecule has 0 bridgehead atoms. The summed E-state index contributed by atoms with van der Waals surface area (Å²) in [6.45, 7) is 4.10. The van der Waals surface area contributed by atoms with Gasteiger partial charge in [-0.15, -0.1) is 5.10 Å². The number of thioether (sulfide) groups is 1. The topological polar surface area (TPSA) is 82.9 Å². The molecule has 2 aliphatic rings. The van der Waals surface area contributed by atoms with Gasteiger partial charge in [0.05, 0.1) is 0 Å². The summed E-state index contributed by atoms with van der Waals surface area (Å²) in [4.78, 5) is 24.4. The number of nitrogens with one attached hydrogen (secondary N) is 2. The highest BCUT2D eigenvalue weighted by Crippen LogP contribution is 2.26. The Balaban J connectivity index is 1.52. The van der Waals surface area contributed by atoms with E-state index >= 15 is 0 Å². The molecule has 0 spiro atoms. The summed E-state index contributed by atoms with van der Waals surface area (Å²) in [6, 6.07) is 7.75. The molecule has 150 valence electrons. The van der Waals surface area contributed by atoms with E-state index in [1.165, 1.54) is 49.4 Å². The molecule has 7 heteroatoms. The fourth-order valence-electron chi connectivity index (χ4n) is 3.52. The zero-order chi connectivity index (χ0) is 19.9. The summed E-state index contributed by atoms with van der Waals surface area (Å²) < 4.78 is 0. The van der Waals surface area contributed by atoms with Gasteiger partial charge in [0.15, 0.2) is 5.17 Å². The van der Waals surface area contributed by atoms with Gasteiger partial charge in [-0.1, -0.05) is 50.1 Å². The fraction of sp³-hybridized carbons (Fsp3) is 0.524. The number of amidine groups is 1. The Morgan fingerprint density at radius 3 is 2.61 bits per heavy atom. The van der Waals surface area contributed by atoms with Crippen molar-refractivity contribution in [3.8, 4) is 0 Å². The molecule has 1 aliphatic carbocycles. The third-order valence-corrected chi connectivity index (χ3v) is 6.36. The van der Waals surface area contributed by atoms with Gasteiger partial charge in [0.1, 0.15) is 5.25 Å². The van der Waals surface area contributed by atoms with Crippen LogP contribution in [-0.2, 0) is 16.0 Å². The molecule has 28 heavy (non-hydrogen) atoms. The van der Waals surface area contributed by atoms with Crippen LogP contribution < -0.4 is 10.6 Å². The van der Waals surface area contributed by atoms with Crippen molar-refractivity contribution in [2.45, 2.75) is 64.0 Å². The van der Waals surface area contributed by atoms with Crippen LogP contribution in [-0.4, -0.2) is 27.9 Å². The van der Waals surface area contributed by atoms with Crippen LogP contribution in [0.1, 0.15) is 57.9 Å². The highest BCUT2D eigenvalue weighted by Gasteiger charge is 2.32. The Morgan fingerprint density at radius 2 is 1.93 bits per heavy atom. The molecule has 1 heterocycles. The van der Waals surface area contributed by atoms with Gasteiger partial charge in [-0.25, -0.2) is 0 Å². The number of carbonyl (C=O) groups excluding carboxylic acids is 2.